The van der Waals surface area contributed by atoms with E-state index in [0.29, 0.717) is 6.54 Å². The lowest BCUT2D eigenvalue weighted by Crippen LogP contribution is -2.41. The Morgan fingerprint density at radius 2 is 2.12 bits per heavy atom. The van der Waals surface area contributed by atoms with Crippen molar-refractivity contribution in [3.8, 4) is 0 Å². The van der Waals surface area contributed by atoms with Crippen LogP contribution in [-0.4, -0.2) is 55.8 Å². The van der Waals surface area contributed by atoms with Gasteiger partial charge in [0.25, 0.3) is 0 Å². The van der Waals surface area contributed by atoms with Crippen LogP contribution in [-0.2, 0) is 19.4 Å². The van der Waals surface area contributed by atoms with Crippen molar-refractivity contribution in [2.75, 3.05) is 18.6 Å². The second kappa shape index (κ2) is 5.03. The SMILES string of the molecule is CC(C)N1CC(NC(=O)CS(C)(=O)=O)CC1=O. The van der Waals surface area contributed by atoms with Crippen molar-refractivity contribution in [2.45, 2.75) is 32.4 Å². The molecule has 0 bridgehead atoms. The fourth-order valence-electron chi connectivity index (χ4n) is 1.83. The van der Waals surface area contributed by atoms with E-state index >= 15 is 0 Å². The number of hydrogen-bond acceptors (Lipinski definition) is 4. The van der Waals surface area contributed by atoms with Gasteiger partial charge >= 0.3 is 0 Å². The van der Waals surface area contributed by atoms with Crippen LogP contribution in [0.15, 0.2) is 0 Å². The molecule has 1 fully saturated rings. The number of carbonyl (C=O) groups excluding carboxylic acids is 2. The first-order valence-electron chi connectivity index (χ1n) is 5.45. The maximum atomic E-state index is 11.5. The third-order valence-electron chi connectivity index (χ3n) is 2.54. The van der Waals surface area contributed by atoms with E-state index in [2.05, 4.69) is 5.32 Å². The van der Waals surface area contributed by atoms with Crippen LogP contribution in [0.4, 0.5) is 0 Å². The van der Waals surface area contributed by atoms with Crippen molar-refractivity contribution in [3.05, 3.63) is 0 Å². The smallest absolute Gasteiger partial charge is 0.235 e. The molecule has 1 heterocycles. The molecule has 2 amide bonds. The van der Waals surface area contributed by atoms with Crippen LogP contribution in [0.3, 0.4) is 0 Å². The van der Waals surface area contributed by atoms with Crippen LogP contribution in [0.1, 0.15) is 20.3 Å². The maximum Gasteiger partial charge on any atom is 0.235 e. The molecule has 17 heavy (non-hydrogen) atoms. The Morgan fingerprint density at radius 3 is 2.53 bits per heavy atom. The molecule has 0 aliphatic carbocycles. The van der Waals surface area contributed by atoms with Gasteiger partial charge in [0, 0.05) is 25.3 Å². The van der Waals surface area contributed by atoms with E-state index in [-0.39, 0.29) is 24.4 Å². The predicted molar refractivity (Wildman–Crippen MR) is 63.1 cm³/mol. The minimum absolute atomic E-state index is 0.00958. The van der Waals surface area contributed by atoms with E-state index < -0.39 is 21.5 Å². The van der Waals surface area contributed by atoms with Crippen LogP contribution in [0, 0.1) is 0 Å². The van der Waals surface area contributed by atoms with Gasteiger partial charge in [-0.25, -0.2) is 8.42 Å². The zero-order valence-corrected chi connectivity index (χ0v) is 11.1. The van der Waals surface area contributed by atoms with E-state index in [0.717, 1.165) is 6.26 Å². The van der Waals surface area contributed by atoms with Gasteiger partial charge in [-0.2, -0.15) is 0 Å². The Kier molecular flexibility index (Phi) is 4.13. The number of rotatable bonds is 4. The molecule has 0 saturated carbocycles. The summed E-state index contributed by atoms with van der Waals surface area (Å²) >= 11 is 0. The molecule has 0 aromatic carbocycles. The van der Waals surface area contributed by atoms with E-state index in [1.165, 1.54) is 0 Å². The summed E-state index contributed by atoms with van der Waals surface area (Å²) in [7, 11) is -3.32. The summed E-state index contributed by atoms with van der Waals surface area (Å²) < 4.78 is 21.8. The van der Waals surface area contributed by atoms with Crippen molar-refractivity contribution in [3.63, 3.8) is 0 Å². The van der Waals surface area contributed by atoms with Crippen molar-refractivity contribution in [1.82, 2.24) is 10.2 Å². The average Bonchev–Trinajstić information content (AvgIpc) is 2.42. The highest BCUT2D eigenvalue weighted by Crippen LogP contribution is 2.14. The van der Waals surface area contributed by atoms with E-state index in [9.17, 15) is 18.0 Å². The third kappa shape index (κ3) is 4.33. The summed E-state index contributed by atoms with van der Waals surface area (Å²) in [5.41, 5.74) is 0. The van der Waals surface area contributed by atoms with Gasteiger partial charge in [0.2, 0.25) is 11.8 Å². The maximum absolute atomic E-state index is 11.5. The minimum atomic E-state index is -3.32. The van der Waals surface area contributed by atoms with Crippen LogP contribution in [0.2, 0.25) is 0 Å². The van der Waals surface area contributed by atoms with Gasteiger partial charge in [-0.1, -0.05) is 0 Å². The first kappa shape index (κ1) is 14.0. The number of nitrogens with one attached hydrogen (secondary N) is 1. The molecule has 1 N–H and O–H groups in total. The molecular weight excluding hydrogens is 244 g/mol. The van der Waals surface area contributed by atoms with Gasteiger partial charge in [-0.3, -0.25) is 9.59 Å². The van der Waals surface area contributed by atoms with Gasteiger partial charge in [0.1, 0.15) is 5.75 Å². The molecule has 1 unspecified atom stereocenters. The molecular formula is C10H18N2O4S. The number of nitrogens with zero attached hydrogens (tertiary/aromatic N) is 1. The molecule has 6 nitrogen and oxygen atoms in total. The largest absolute Gasteiger partial charge is 0.350 e. The van der Waals surface area contributed by atoms with Crippen molar-refractivity contribution in [2.24, 2.45) is 0 Å². The van der Waals surface area contributed by atoms with Crippen molar-refractivity contribution >= 4 is 21.7 Å². The van der Waals surface area contributed by atoms with Crippen LogP contribution >= 0.6 is 0 Å². The number of likely N-dealkylation sites (tertiary alicyclic amines) is 1. The number of amides is 2. The molecule has 1 rings (SSSR count). The van der Waals surface area contributed by atoms with E-state index in [1.54, 1.807) is 4.90 Å². The van der Waals surface area contributed by atoms with Gasteiger partial charge in [0.05, 0.1) is 6.04 Å². The summed E-state index contributed by atoms with van der Waals surface area (Å²) in [6.07, 6.45) is 1.25. The second-order valence-electron chi connectivity index (χ2n) is 4.68. The first-order chi connectivity index (χ1) is 7.69. The van der Waals surface area contributed by atoms with Gasteiger partial charge in [-0.15, -0.1) is 0 Å². The summed E-state index contributed by atoms with van der Waals surface area (Å²) in [6.45, 7) is 4.25. The Balaban J connectivity index is 2.50. The molecule has 7 heteroatoms. The fraction of sp³-hybridized carbons (Fsp3) is 0.800. The predicted octanol–water partition coefficient (Wildman–Crippen LogP) is -0.843. The van der Waals surface area contributed by atoms with E-state index in [1.807, 2.05) is 13.8 Å². The molecule has 1 aliphatic heterocycles. The molecule has 0 aromatic heterocycles. The summed E-state index contributed by atoms with van der Waals surface area (Å²) in [6, 6.07) is -0.182. The Bertz CT molecular complexity index is 416. The zero-order valence-electron chi connectivity index (χ0n) is 10.3. The van der Waals surface area contributed by atoms with Crippen LogP contribution in [0.25, 0.3) is 0 Å². The standard InChI is InChI=1S/C10H18N2O4S/c1-7(2)12-5-8(4-10(12)14)11-9(13)6-17(3,15)16/h7-8H,4-6H2,1-3H3,(H,11,13). The highest BCUT2D eigenvalue weighted by atomic mass is 32.2. The Hall–Kier alpha value is -1.11. The molecule has 0 radical (unpaired) electrons. The van der Waals surface area contributed by atoms with E-state index in [4.69, 9.17) is 0 Å². The van der Waals surface area contributed by atoms with Crippen molar-refractivity contribution in [1.29, 1.82) is 0 Å². The van der Waals surface area contributed by atoms with Gasteiger partial charge < -0.3 is 10.2 Å². The lowest BCUT2D eigenvalue weighted by atomic mass is 10.2. The topological polar surface area (TPSA) is 83.6 Å². The zero-order chi connectivity index (χ0) is 13.2. The summed E-state index contributed by atoms with van der Waals surface area (Å²) in [5, 5.41) is 2.57. The quantitative estimate of drug-likeness (QED) is 0.716. The summed E-state index contributed by atoms with van der Waals surface area (Å²) in [5.74, 6) is -1.08. The van der Waals surface area contributed by atoms with Gasteiger partial charge in [-0.05, 0) is 13.8 Å². The third-order valence-corrected chi connectivity index (χ3v) is 3.33. The first-order valence-corrected chi connectivity index (χ1v) is 7.51. The molecule has 0 aromatic rings. The Labute approximate surface area is 101 Å². The monoisotopic (exact) mass is 262 g/mol. The van der Waals surface area contributed by atoms with Crippen LogP contribution < -0.4 is 5.32 Å². The number of carbonyl (C=O) groups is 2. The molecule has 0 spiro atoms. The number of hydrogen-bond donors (Lipinski definition) is 1. The molecule has 1 atom stereocenters. The lowest BCUT2D eigenvalue weighted by molar-refractivity contribution is -0.129. The average molecular weight is 262 g/mol. The minimum Gasteiger partial charge on any atom is -0.350 e. The Morgan fingerprint density at radius 1 is 1.53 bits per heavy atom. The van der Waals surface area contributed by atoms with Gasteiger partial charge in [0.15, 0.2) is 9.84 Å². The fourth-order valence-corrected chi connectivity index (χ4v) is 2.39. The molecule has 1 aliphatic rings. The lowest BCUT2D eigenvalue weighted by Gasteiger charge is -2.21. The molecule has 98 valence electrons. The normalized spacial score (nSPS) is 21.1. The highest BCUT2D eigenvalue weighted by Gasteiger charge is 2.32. The second-order valence-corrected chi connectivity index (χ2v) is 6.82. The van der Waals surface area contributed by atoms with Crippen molar-refractivity contribution < 1.29 is 18.0 Å². The highest BCUT2D eigenvalue weighted by molar-refractivity contribution is 7.91. The summed E-state index contributed by atoms with van der Waals surface area (Å²) in [4.78, 5) is 24.6. The van der Waals surface area contributed by atoms with Crippen LogP contribution in [0.5, 0.6) is 0 Å². The number of sulfone groups is 1. The molecule has 1 saturated heterocycles.